The number of aryl methyl sites for hydroxylation is 2. The first-order valence-electron chi connectivity index (χ1n) is 10.7. The number of carbonyl (C=O) groups excluding carboxylic acids is 1. The highest BCUT2D eigenvalue weighted by atomic mass is 32.2. The van der Waals surface area contributed by atoms with Crippen LogP contribution in [-0.4, -0.2) is 33.5 Å². The molecule has 32 heavy (non-hydrogen) atoms. The van der Waals surface area contributed by atoms with Gasteiger partial charge in [0.2, 0.25) is 5.91 Å². The summed E-state index contributed by atoms with van der Waals surface area (Å²) in [5.74, 6) is 2.23. The molecule has 3 rings (SSSR count). The van der Waals surface area contributed by atoms with Crippen LogP contribution in [0, 0.1) is 6.92 Å². The fourth-order valence-corrected chi connectivity index (χ4v) is 4.11. The number of carbonyl (C=O) groups is 1. The Labute approximate surface area is 193 Å². The Morgan fingerprint density at radius 2 is 1.91 bits per heavy atom. The Balaban J connectivity index is 1.64. The maximum absolute atomic E-state index is 12.5. The van der Waals surface area contributed by atoms with E-state index in [-0.39, 0.29) is 17.8 Å². The zero-order valence-corrected chi connectivity index (χ0v) is 20.0. The highest BCUT2D eigenvalue weighted by Crippen LogP contribution is 2.27. The van der Waals surface area contributed by atoms with Crippen molar-refractivity contribution in [3.8, 4) is 11.5 Å². The number of amides is 1. The Morgan fingerprint density at radius 3 is 2.56 bits per heavy atom. The SMILES string of the molecule is CCc1ccc(O[C@@H](C)c2nnc(SCC(=O)Nc3cc(C)ccc3OC)n2CC)cc1. The van der Waals surface area contributed by atoms with Gasteiger partial charge in [-0.1, -0.05) is 36.9 Å². The highest BCUT2D eigenvalue weighted by Gasteiger charge is 2.20. The number of rotatable bonds is 10. The zero-order valence-electron chi connectivity index (χ0n) is 19.2. The maximum atomic E-state index is 12.5. The van der Waals surface area contributed by atoms with Gasteiger partial charge in [0.25, 0.3) is 0 Å². The molecular formula is C24H30N4O3S. The van der Waals surface area contributed by atoms with E-state index in [9.17, 15) is 4.79 Å². The van der Waals surface area contributed by atoms with E-state index in [1.165, 1.54) is 17.3 Å². The van der Waals surface area contributed by atoms with Gasteiger partial charge in [-0.2, -0.15) is 0 Å². The Hall–Kier alpha value is -3.00. The molecule has 1 heterocycles. The fourth-order valence-electron chi connectivity index (χ4n) is 3.30. The second kappa shape index (κ2) is 11.0. The monoisotopic (exact) mass is 454 g/mol. The minimum atomic E-state index is -0.269. The summed E-state index contributed by atoms with van der Waals surface area (Å²) in [6.07, 6.45) is 0.722. The van der Waals surface area contributed by atoms with E-state index in [0.29, 0.717) is 23.1 Å². The lowest BCUT2D eigenvalue weighted by molar-refractivity contribution is -0.113. The van der Waals surface area contributed by atoms with Crippen LogP contribution in [0.1, 0.15) is 43.8 Å². The Morgan fingerprint density at radius 1 is 1.16 bits per heavy atom. The predicted octanol–water partition coefficient (Wildman–Crippen LogP) is 5.05. The van der Waals surface area contributed by atoms with Gasteiger partial charge >= 0.3 is 0 Å². The number of aromatic nitrogens is 3. The predicted molar refractivity (Wildman–Crippen MR) is 128 cm³/mol. The van der Waals surface area contributed by atoms with Crippen LogP contribution in [0.25, 0.3) is 0 Å². The van der Waals surface area contributed by atoms with Crippen LogP contribution >= 0.6 is 11.8 Å². The Kier molecular flexibility index (Phi) is 8.16. The molecule has 0 unspecified atom stereocenters. The topological polar surface area (TPSA) is 78.3 Å². The van der Waals surface area contributed by atoms with Crippen molar-refractivity contribution in [2.24, 2.45) is 0 Å². The third kappa shape index (κ3) is 5.82. The van der Waals surface area contributed by atoms with Crippen molar-refractivity contribution in [1.29, 1.82) is 0 Å². The lowest BCUT2D eigenvalue weighted by Gasteiger charge is -2.16. The second-order valence-electron chi connectivity index (χ2n) is 7.38. The van der Waals surface area contributed by atoms with Crippen molar-refractivity contribution in [2.45, 2.75) is 51.9 Å². The minimum Gasteiger partial charge on any atom is -0.495 e. The smallest absolute Gasteiger partial charge is 0.234 e. The largest absolute Gasteiger partial charge is 0.495 e. The van der Waals surface area contributed by atoms with Crippen LogP contribution < -0.4 is 14.8 Å². The molecular weight excluding hydrogens is 424 g/mol. The van der Waals surface area contributed by atoms with Gasteiger partial charge < -0.3 is 19.4 Å². The third-order valence-electron chi connectivity index (χ3n) is 5.03. The number of nitrogens with zero attached hydrogens (tertiary/aromatic N) is 3. The van der Waals surface area contributed by atoms with Gasteiger partial charge in [-0.3, -0.25) is 4.79 Å². The molecule has 8 heteroatoms. The summed E-state index contributed by atoms with van der Waals surface area (Å²) in [6, 6.07) is 13.7. The minimum absolute atomic E-state index is 0.133. The van der Waals surface area contributed by atoms with Crippen LogP contribution in [0.2, 0.25) is 0 Å². The molecule has 0 saturated carbocycles. The summed E-state index contributed by atoms with van der Waals surface area (Å²) in [7, 11) is 1.59. The first kappa shape index (κ1) is 23.7. The molecule has 0 bridgehead atoms. The maximum Gasteiger partial charge on any atom is 0.234 e. The molecule has 1 aromatic heterocycles. The van der Waals surface area contributed by atoms with Crippen LogP contribution in [0.5, 0.6) is 11.5 Å². The fraction of sp³-hybridized carbons (Fsp3) is 0.375. The molecule has 0 fully saturated rings. The molecule has 0 aliphatic rings. The van der Waals surface area contributed by atoms with Crippen molar-refractivity contribution in [2.75, 3.05) is 18.2 Å². The Bertz CT molecular complexity index is 1050. The van der Waals surface area contributed by atoms with Gasteiger partial charge in [-0.25, -0.2) is 0 Å². The van der Waals surface area contributed by atoms with Crippen molar-refractivity contribution >= 4 is 23.4 Å². The highest BCUT2D eigenvalue weighted by molar-refractivity contribution is 7.99. The summed E-state index contributed by atoms with van der Waals surface area (Å²) < 4.78 is 13.4. The van der Waals surface area contributed by atoms with Gasteiger partial charge in [0.05, 0.1) is 18.6 Å². The summed E-state index contributed by atoms with van der Waals surface area (Å²) in [5, 5.41) is 12.2. The molecule has 0 aliphatic carbocycles. The average Bonchev–Trinajstić information content (AvgIpc) is 3.21. The molecule has 3 aromatic rings. The van der Waals surface area contributed by atoms with Crippen molar-refractivity contribution in [1.82, 2.24) is 14.8 Å². The molecule has 0 spiro atoms. The standard InChI is InChI=1S/C24H30N4O3S/c1-6-18-9-11-19(12-10-18)31-17(4)23-26-27-24(28(23)7-2)32-15-22(29)25-20-14-16(3)8-13-21(20)30-5/h8-14,17H,6-7,15H2,1-5H3,(H,25,29)/t17-/m0/s1. The number of anilines is 1. The number of methoxy groups -OCH3 is 1. The summed E-state index contributed by atoms with van der Waals surface area (Å²) in [5.41, 5.74) is 2.97. The molecule has 1 N–H and O–H groups in total. The quantitative estimate of drug-likeness (QED) is 0.432. The van der Waals surface area contributed by atoms with Gasteiger partial charge in [-0.15, -0.1) is 10.2 Å². The molecule has 1 amide bonds. The summed E-state index contributed by atoms with van der Waals surface area (Å²) >= 11 is 1.35. The van der Waals surface area contributed by atoms with Gasteiger partial charge in [0.15, 0.2) is 17.1 Å². The second-order valence-corrected chi connectivity index (χ2v) is 8.33. The molecule has 1 atom stereocenters. The van der Waals surface area contributed by atoms with E-state index in [1.54, 1.807) is 7.11 Å². The van der Waals surface area contributed by atoms with Crippen LogP contribution in [0.4, 0.5) is 5.69 Å². The molecule has 0 aliphatic heterocycles. The van der Waals surface area contributed by atoms with Gasteiger partial charge in [0, 0.05) is 6.54 Å². The number of ether oxygens (including phenoxy) is 2. The van der Waals surface area contributed by atoms with Gasteiger partial charge in [-0.05, 0) is 62.6 Å². The van der Waals surface area contributed by atoms with Crippen molar-refractivity contribution in [3.63, 3.8) is 0 Å². The van der Waals surface area contributed by atoms with Crippen molar-refractivity contribution < 1.29 is 14.3 Å². The summed E-state index contributed by atoms with van der Waals surface area (Å²) in [4.78, 5) is 12.5. The number of thioether (sulfide) groups is 1. The van der Waals surface area contributed by atoms with E-state index < -0.39 is 0 Å². The van der Waals surface area contributed by atoms with Gasteiger partial charge in [0.1, 0.15) is 11.5 Å². The van der Waals surface area contributed by atoms with E-state index >= 15 is 0 Å². The normalized spacial score (nSPS) is 11.8. The first-order valence-corrected chi connectivity index (χ1v) is 11.7. The van der Waals surface area contributed by atoms with Crippen LogP contribution in [0.3, 0.4) is 0 Å². The van der Waals surface area contributed by atoms with E-state index in [4.69, 9.17) is 9.47 Å². The summed E-state index contributed by atoms with van der Waals surface area (Å²) in [6.45, 7) is 8.75. The lowest BCUT2D eigenvalue weighted by atomic mass is 10.2. The molecule has 170 valence electrons. The lowest BCUT2D eigenvalue weighted by Crippen LogP contribution is -2.16. The van der Waals surface area contributed by atoms with Crippen LogP contribution in [0.15, 0.2) is 47.6 Å². The zero-order chi connectivity index (χ0) is 23.1. The molecule has 2 aromatic carbocycles. The molecule has 7 nitrogen and oxygen atoms in total. The number of benzene rings is 2. The number of hydrogen-bond donors (Lipinski definition) is 1. The number of nitrogens with one attached hydrogen (secondary N) is 1. The first-order chi connectivity index (χ1) is 15.4. The van der Waals surface area contributed by atoms with Crippen LogP contribution in [-0.2, 0) is 17.8 Å². The van der Waals surface area contributed by atoms with E-state index in [0.717, 1.165) is 23.6 Å². The van der Waals surface area contributed by atoms with E-state index in [2.05, 4.69) is 34.6 Å². The molecule has 0 radical (unpaired) electrons. The molecule has 0 saturated heterocycles. The van der Waals surface area contributed by atoms with Crippen molar-refractivity contribution in [3.05, 3.63) is 59.4 Å². The van der Waals surface area contributed by atoms with E-state index in [1.807, 2.05) is 55.7 Å². The number of hydrogen-bond acceptors (Lipinski definition) is 6. The average molecular weight is 455 g/mol. The third-order valence-corrected chi connectivity index (χ3v) is 6.00.